The SMILES string of the molecule is N#Cc1cc(CN2CC[C@@H](CNS(=O)(=O)c3cccs3)C2=O)cs1. The zero-order valence-corrected chi connectivity index (χ0v) is 15.1. The number of carbonyl (C=O) groups excluding carboxylic acids is 1. The van der Waals surface area contributed by atoms with Crippen molar-refractivity contribution in [3.63, 3.8) is 0 Å². The predicted molar refractivity (Wildman–Crippen MR) is 92.1 cm³/mol. The molecule has 0 saturated carbocycles. The Morgan fingerprint density at radius 3 is 2.92 bits per heavy atom. The third kappa shape index (κ3) is 3.67. The number of nitrogens with zero attached hydrogens (tertiary/aromatic N) is 2. The van der Waals surface area contributed by atoms with Crippen molar-refractivity contribution in [2.24, 2.45) is 5.92 Å². The highest BCUT2D eigenvalue weighted by Crippen LogP contribution is 2.23. The summed E-state index contributed by atoms with van der Waals surface area (Å²) in [5, 5.41) is 12.4. The van der Waals surface area contributed by atoms with Crippen molar-refractivity contribution >= 4 is 38.6 Å². The normalized spacial score (nSPS) is 18.0. The second-order valence-corrected chi connectivity index (χ2v) is 9.31. The Morgan fingerprint density at radius 1 is 1.42 bits per heavy atom. The first-order valence-corrected chi connectivity index (χ1v) is 10.5. The molecule has 0 unspecified atom stereocenters. The molecule has 24 heavy (non-hydrogen) atoms. The van der Waals surface area contributed by atoms with Gasteiger partial charge in [0.15, 0.2) is 0 Å². The Hall–Kier alpha value is -1.73. The van der Waals surface area contributed by atoms with Gasteiger partial charge in [-0.25, -0.2) is 13.1 Å². The van der Waals surface area contributed by atoms with Crippen molar-refractivity contribution in [1.82, 2.24) is 9.62 Å². The molecule has 3 rings (SSSR count). The summed E-state index contributed by atoms with van der Waals surface area (Å²) >= 11 is 2.51. The summed E-state index contributed by atoms with van der Waals surface area (Å²) in [4.78, 5) is 14.8. The highest BCUT2D eigenvalue weighted by atomic mass is 32.2. The fourth-order valence-corrected chi connectivity index (χ4v) is 5.40. The molecule has 1 fully saturated rings. The van der Waals surface area contributed by atoms with Gasteiger partial charge in [0.2, 0.25) is 15.9 Å². The Balaban J connectivity index is 1.57. The van der Waals surface area contributed by atoms with Crippen LogP contribution in [0.1, 0.15) is 16.9 Å². The van der Waals surface area contributed by atoms with Gasteiger partial charge >= 0.3 is 0 Å². The lowest BCUT2D eigenvalue weighted by molar-refractivity contribution is -0.131. The van der Waals surface area contributed by atoms with Crippen LogP contribution in [0.3, 0.4) is 0 Å². The van der Waals surface area contributed by atoms with Crippen LogP contribution in [-0.2, 0) is 21.4 Å². The molecule has 1 amide bonds. The summed E-state index contributed by atoms with van der Waals surface area (Å²) in [6.07, 6.45) is 0.626. The van der Waals surface area contributed by atoms with E-state index in [1.165, 1.54) is 11.3 Å². The molecule has 0 spiro atoms. The van der Waals surface area contributed by atoms with Crippen LogP contribution in [0.15, 0.2) is 33.2 Å². The molecule has 1 aliphatic heterocycles. The van der Waals surface area contributed by atoms with Gasteiger partial charge in [-0.15, -0.1) is 22.7 Å². The van der Waals surface area contributed by atoms with Crippen molar-refractivity contribution in [2.45, 2.75) is 17.2 Å². The van der Waals surface area contributed by atoms with E-state index < -0.39 is 10.0 Å². The number of nitriles is 1. The lowest BCUT2D eigenvalue weighted by Crippen LogP contribution is -2.34. The minimum absolute atomic E-state index is 0.0476. The zero-order chi connectivity index (χ0) is 17.2. The van der Waals surface area contributed by atoms with E-state index in [1.54, 1.807) is 28.5 Å². The molecule has 3 heterocycles. The van der Waals surface area contributed by atoms with Crippen molar-refractivity contribution in [3.8, 4) is 6.07 Å². The maximum Gasteiger partial charge on any atom is 0.250 e. The second-order valence-electron chi connectivity index (χ2n) is 5.46. The fraction of sp³-hybridized carbons (Fsp3) is 0.333. The van der Waals surface area contributed by atoms with Crippen molar-refractivity contribution < 1.29 is 13.2 Å². The minimum Gasteiger partial charge on any atom is -0.338 e. The van der Waals surface area contributed by atoms with Crippen LogP contribution < -0.4 is 4.72 Å². The number of rotatable bonds is 6. The average molecular weight is 382 g/mol. The minimum atomic E-state index is -3.54. The Kier molecular flexibility index (Phi) is 5.01. The highest BCUT2D eigenvalue weighted by molar-refractivity contribution is 7.91. The summed E-state index contributed by atoms with van der Waals surface area (Å²) in [5.41, 5.74) is 0.935. The van der Waals surface area contributed by atoms with Gasteiger partial charge in [-0.1, -0.05) is 6.07 Å². The molecule has 2 aromatic heterocycles. The van der Waals surface area contributed by atoms with Crippen LogP contribution in [0.4, 0.5) is 0 Å². The van der Waals surface area contributed by atoms with Gasteiger partial charge in [-0.2, -0.15) is 5.26 Å². The average Bonchev–Trinajstić information content (AvgIpc) is 3.29. The molecule has 0 radical (unpaired) electrons. The van der Waals surface area contributed by atoms with Crippen LogP contribution >= 0.6 is 22.7 Å². The molecule has 1 atom stereocenters. The number of nitrogens with one attached hydrogen (secondary N) is 1. The third-order valence-corrected chi connectivity index (χ3v) is 7.53. The van der Waals surface area contributed by atoms with Crippen molar-refractivity contribution in [1.29, 1.82) is 5.26 Å². The van der Waals surface area contributed by atoms with E-state index in [2.05, 4.69) is 10.8 Å². The number of sulfonamides is 1. The van der Waals surface area contributed by atoms with Gasteiger partial charge in [-0.3, -0.25) is 4.79 Å². The first kappa shape index (κ1) is 17.1. The molecule has 2 aromatic rings. The standard InChI is InChI=1S/C15H15N3O3S3/c16-7-13-6-11(10-23-13)9-18-4-3-12(15(18)19)8-17-24(20,21)14-2-1-5-22-14/h1-2,5-6,10,12,17H,3-4,8-9H2/t12-/m0/s1. The van der Waals surface area contributed by atoms with Crippen LogP contribution in [-0.4, -0.2) is 32.3 Å². The molecule has 126 valence electrons. The van der Waals surface area contributed by atoms with Gasteiger partial charge in [0.1, 0.15) is 15.2 Å². The highest BCUT2D eigenvalue weighted by Gasteiger charge is 2.32. The molecule has 0 aromatic carbocycles. The predicted octanol–water partition coefficient (Wildman–Crippen LogP) is 2.01. The molecule has 1 N–H and O–H groups in total. The van der Waals surface area contributed by atoms with Crippen LogP contribution in [0.5, 0.6) is 0 Å². The Bertz CT molecular complexity index is 865. The van der Waals surface area contributed by atoms with E-state index in [1.807, 2.05) is 5.38 Å². The summed E-state index contributed by atoms with van der Waals surface area (Å²) in [6, 6.07) is 7.08. The topological polar surface area (TPSA) is 90.3 Å². The zero-order valence-electron chi connectivity index (χ0n) is 12.6. The van der Waals surface area contributed by atoms with Gasteiger partial charge in [0, 0.05) is 19.6 Å². The number of likely N-dealkylation sites (tertiary alicyclic amines) is 1. The summed E-state index contributed by atoms with van der Waals surface area (Å²) in [6.45, 7) is 1.18. The molecular weight excluding hydrogens is 366 g/mol. The van der Waals surface area contributed by atoms with Crippen LogP contribution in [0, 0.1) is 17.2 Å². The number of hydrogen-bond donors (Lipinski definition) is 1. The molecule has 1 saturated heterocycles. The summed E-state index contributed by atoms with van der Waals surface area (Å²) in [7, 11) is -3.54. The van der Waals surface area contributed by atoms with Crippen molar-refractivity contribution in [2.75, 3.05) is 13.1 Å². The smallest absolute Gasteiger partial charge is 0.250 e. The molecule has 9 heteroatoms. The summed E-state index contributed by atoms with van der Waals surface area (Å²) in [5.74, 6) is -0.387. The number of thiophene rings is 2. The van der Waals surface area contributed by atoms with E-state index in [0.29, 0.717) is 24.4 Å². The van der Waals surface area contributed by atoms with Crippen molar-refractivity contribution in [3.05, 3.63) is 39.4 Å². The Morgan fingerprint density at radius 2 is 2.25 bits per heavy atom. The number of hydrogen-bond acceptors (Lipinski definition) is 6. The molecular formula is C15H15N3O3S3. The van der Waals surface area contributed by atoms with Gasteiger partial charge in [0.25, 0.3) is 0 Å². The first-order chi connectivity index (χ1) is 11.5. The first-order valence-electron chi connectivity index (χ1n) is 7.29. The van der Waals surface area contributed by atoms with E-state index in [4.69, 9.17) is 5.26 Å². The van der Waals surface area contributed by atoms with E-state index in [0.717, 1.165) is 16.9 Å². The van der Waals surface area contributed by atoms with Gasteiger partial charge in [-0.05, 0) is 34.9 Å². The van der Waals surface area contributed by atoms with Crippen LogP contribution in [0.25, 0.3) is 0 Å². The van der Waals surface area contributed by atoms with Gasteiger partial charge in [0.05, 0.1) is 5.92 Å². The number of amides is 1. The summed E-state index contributed by atoms with van der Waals surface area (Å²) < 4.78 is 27.0. The molecule has 0 aliphatic carbocycles. The van der Waals surface area contributed by atoms with E-state index >= 15 is 0 Å². The van der Waals surface area contributed by atoms with Crippen LogP contribution in [0.2, 0.25) is 0 Å². The Labute approximate surface area is 148 Å². The monoisotopic (exact) mass is 381 g/mol. The maximum atomic E-state index is 12.4. The second kappa shape index (κ2) is 7.03. The van der Waals surface area contributed by atoms with E-state index in [-0.39, 0.29) is 22.6 Å². The lowest BCUT2D eigenvalue weighted by Gasteiger charge is -2.16. The number of carbonyl (C=O) groups is 1. The molecule has 0 bridgehead atoms. The quantitative estimate of drug-likeness (QED) is 0.829. The maximum absolute atomic E-state index is 12.4. The van der Waals surface area contributed by atoms with E-state index in [9.17, 15) is 13.2 Å². The van der Waals surface area contributed by atoms with Gasteiger partial charge < -0.3 is 4.90 Å². The third-order valence-electron chi connectivity index (χ3n) is 3.83. The molecule has 6 nitrogen and oxygen atoms in total. The lowest BCUT2D eigenvalue weighted by atomic mass is 10.1. The molecule has 1 aliphatic rings. The fourth-order valence-electron chi connectivity index (χ4n) is 2.59. The largest absolute Gasteiger partial charge is 0.338 e.